The van der Waals surface area contributed by atoms with E-state index in [1.54, 1.807) is 34.8 Å². The molecule has 9 heteroatoms. The van der Waals surface area contributed by atoms with Crippen LogP contribution in [0, 0.1) is 0 Å². The van der Waals surface area contributed by atoms with E-state index < -0.39 is 0 Å². The van der Waals surface area contributed by atoms with Crippen LogP contribution in [0.5, 0.6) is 0 Å². The van der Waals surface area contributed by atoms with Crippen molar-refractivity contribution in [3.63, 3.8) is 0 Å². The monoisotopic (exact) mass is 350 g/mol. The Hall–Kier alpha value is -2.58. The molecule has 1 aromatic rings. The summed E-state index contributed by atoms with van der Waals surface area (Å²) in [6.07, 6.45) is 4.66. The van der Waals surface area contributed by atoms with Crippen molar-refractivity contribution in [2.75, 3.05) is 46.8 Å². The molecule has 1 fully saturated rings. The zero-order chi connectivity index (χ0) is 18.2. The van der Waals surface area contributed by atoms with Gasteiger partial charge in [-0.25, -0.2) is 4.79 Å². The molecule has 2 rings (SSSR count). The molecule has 1 saturated heterocycles. The highest BCUT2D eigenvalue weighted by molar-refractivity contribution is 5.84. The third kappa shape index (κ3) is 5.77. The van der Waals surface area contributed by atoms with E-state index in [4.69, 9.17) is 0 Å². The summed E-state index contributed by atoms with van der Waals surface area (Å²) in [4.78, 5) is 40.9. The summed E-state index contributed by atoms with van der Waals surface area (Å²) in [6, 6.07) is 1.54. The highest BCUT2D eigenvalue weighted by atomic mass is 16.2. The van der Waals surface area contributed by atoms with Crippen LogP contribution in [0.2, 0.25) is 0 Å². The Labute approximate surface area is 147 Å². The van der Waals surface area contributed by atoms with Crippen LogP contribution in [-0.4, -0.2) is 89.1 Å². The topological polar surface area (TPSA) is 90.8 Å². The Morgan fingerprint density at radius 2 is 1.76 bits per heavy atom. The van der Waals surface area contributed by atoms with Crippen molar-refractivity contribution in [1.29, 1.82) is 0 Å². The SMILES string of the molecule is CN(C)C(=O)NCC(=O)N1CCCN(C(=O)CCn2cccn2)CC1. The smallest absolute Gasteiger partial charge is 0.317 e. The number of rotatable bonds is 5. The maximum atomic E-state index is 12.3. The van der Waals surface area contributed by atoms with E-state index in [-0.39, 0.29) is 24.4 Å². The number of hydrogen-bond acceptors (Lipinski definition) is 4. The van der Waals surface area contributed by atoms with Gasteiger partial charge in [0.1, 0.15) is 0 Å². The predicted molar refractivity (Wildman–Crippen MR) is 91.7 cm³/mol. The molecule has 1 aliphatic heterocycles. The molecule has 0 aromatic carbocycles. The molecule has 138 valence electrons. The van der Waals surface area contributed by atoms with Crippen molar-refractivity contribution < 1.29 is 14.4 Å². The van der Waals surface area contributed by atoms with Gasteiger partial charge in [0, 0.05) is 65.6 Å². The Kier molecular flexibility index (Phi) is 6.79. The van der Waals surface area contributed by atoms with Crippen LogP contribution in [-0.2, 0) is 16.1 Å². The number of amides is 4. The lowest BCUT2D eigenvalue weighted by atomic mass is 10.3. The van der Waals surface area contributed by atoms with E-state index in [2.05, 4.69) is 10.4 Å². The van der Waals surface area contributed by atoms with Crippen LogP contribution >= 0.6 is 0 Å². The van der Waals surface area contributed by atoms with Crippen LogP contribution in [0.15, 0.2) is 18.5 Å². The van der Waals surface area contributed by atoms with Gasteiger partial charge in [0.15, 0.2) is 0 Å². The number of carbonyl (C=O) groups is 3. The zero-order valence-electron chi connectivity index (χ0n) is 14.8. The number of aromatic nitrogens is 2. The molecule has 2 heterocycles. The lowest BCUT2D eigenvalue weighted by Crippen LogP contribution is -2.44. The van der Waals surface area contributed by atoms with Crippen LogP contribution in [0.25, 0.3) is 0 Å². The second kappa shape index (κ2) is 9.05. The number of carbonyl (C=O) groups excluding carboxylic acids is 3. The van der Waals surface area contributed by atoms with Crippen molar-refractivity contribution in [3.8, 4) is 0 Å². The molecule has 4 amide bonds. The molecule has 0 unspecified atom stereocenters. The van der Waals surface area contributed by atoms with Gasteiger partial charge in [-0.2, -0.15) is 5.10 Å². The van der Waals surface area contributed by atoms with Gasteiger partial charge in [-0.3, -0.25) is 14.3 Å². The van der Waals surface area contributed by atoms with E-state index in [0.717, 1.165) is 6.42 Å². The highest BCUT2D eigenvalue weighted by Gasteiger charge is 2.22. The number of nitrogens with one attached hydrogen (secondary N) is 1. The molecule has 9 nitrogen and oxygen atoms in total. The fourth-order valence-electron chi connectivity index (χ4n) is 2.64. The Morgan fingerprint density at radius 1 is 1.08 bits per heavy atom. The van der Waals surface area contributed by atoms with Gasteiger partial charge < -0.3 is 20.0 Å². The molecule has 0 aliphatic carbocycles. The minimum Gasteiger partial charge on any atom is -0.341 e. The van der Waals surface area contributed by atoms with Crippen molar-refractivity contribution in [1.82, 2.24) is 29.8 Å². The maximum Gasteiger partial charge on any atom is 0.317 e. The summed E-state index contributed by atoms with van der Waals surface area (Å²) >= 11 is 0. The molecular weight excluding hydrogens is 324 g/mol. The summed E-state index contributed by atoms with van der Waals surface area (Å²) in [5.74, 6) is -0.0493. The van der Waals surface area contributed by atoms with E-state index in [9.17, 15) is 14.4 Å². The van der Waals surface area contributed by atoms with Gasteiger partial charge in [-0.15, -0.1) is 0 Å². The van der Waals surface area contributed by atoms with E-state index >= 15 is 0 Å². The first-order chi connectivity index (χ1) is 12.0. The third-order valence-electron chi connectivity index (χ3n) is 4.11. The van der Waals surface area contributed by atoms with Crippen molar-refractivity contribution in [3.05, 3.63) is 18.5 Å². The molecule has 0 radical (unpaired) electrons. The Morgan fingerprint density at radius 3 is 2.36 bits per heavy atom. The lowest BCUT2D eigenvalue weighted by Gasteiger charge is -2.22. The highest BCUT2D eigenvalue weighted by Crippen LogP contribution is 2.06. The fraction of sp³-hybridized carbons (Fsp3) is 0.625. The quantitative estimate of drug-likeness (QED) is 0.783. The molecular formula is C16H26N6O3. The third-order valence-corrected chi connectivity index (χ3v) is 4.11. The number of nitrogens with zero attached hydrogens (tertiary/aromatic N) is 5. The molecule has 0 saturated carbocycles. The molecule has 1 N–H and O–H groups in total. The van der Waals surface area contributed by atoms with Gasteiger partial charge in [0.25, 0.3) is 0 Å². The molecule has 1 aliphatic rings. The lowest BCUT2D eigenvalue weighted by molar-refractivity contribution is -0.133. The van der Waals surface area contributed by atoms with Crippen molar-refractivity contribution >= 4 is 17.8 Å². The molecule has 0 bridgehead atoms. The number of aryl methyl sites for hydroxylation is 1. The fourth-order valence-corrected chi connectivity index (χ4v) is 2.64. The normalized spacial score (nSPS) is 14.8. The maximum absolute atomic E-state index is 12.3. The van der Waals surface area contributed by atoms with Crippen LogP contribution in [0.1, 0.15) is 12.8 Å². The van der Waals surface area contributed by atoms with Gasteiger partial charge in [0.05, 0.1) is 6.54 Å². The van der Waals surface area contributed by atoms with Gasteiger partial charge >= 0.3 is 6.03 Å². The summed E-state index contributed by atoms with van der Waals surface area (Å²) in [5, 5.41) is 6.66. The average molecular weight is 350 g/mol. The summed E-state index contributed by atoms with van der Waals surface area (Å²) < 4.78 is 1.74. The van der Waals surface area contributed by atoms with Crippen LogP contribution < -0.4 is 5.32 Å². The van der Waals surface area contributed by atoms with E-state index in [1.165, 1.54) is 4.90 Å². The number of hydrogen-bond donors (Lipinski definition) is 1. The molecule has 0 spiro atoms. The van der Waals surface area contributed by atoms with Gasteiger partial charge in [-0.05, 0) is 12.5 Å². The predicted octanol–water partition coefficient (Wildman–Crippen LogP) is -0.395. The summed E-state index contributed by atoms with van der Waals surface area (Å²) in [5.41, 5.74) is 0. The molecule has 25 heavy (non-hydrogen) atoms. The molecule has 0 atom stereocenters. The number of urea groups is 1. The Bertz CT molecular complexity index is 587. The largest absolute Gasteiger partial charge is 0.341 e. The average Bonchev–Trinajstić information content (AvgIpc) is 2.99. The zero-order valence-corrected chi connectivity index (χ0v) is 14.8. The summed E-state index contributed by atoms with van der Waals surface area (Å²) in [7, 11) is 3.25. The minimum atomic E-state index is -0.293. The van der Waals surface area contributed by atoms with Gasteiger partial charge in [0.2, 0.25) is 11.8 Å². The standard InChI is InChI=1S/C16H26N6O3/c1-19(2)16(25)17-13-15(24)21-8-4-7-20(11-12-21)14(23)5-10-22-9-3-6-18-22/h3,6,9H,4-5,7-8,10-13H2,1-2H3,(H,17,25). The van der Waals surface area contributed by atoms with E-state index in [1.807, 2.05) is 12.3 Å². The van der Waals surface area contributed by atoms with Crippen LogP contribution in [0.3, 0.4) is 0 Å². The summed E-state index contributed by atoms with van der Waals surface area (Å²) in [6.45, 7) is 2.78. The first kappa shape index (κ1) is 18.8. The van der Waals surface area contributed by atoms with Crippen molar-refractivity contribution in [2.24, 2.45) is 0 Å². The Balaban J connectivity index is 1.75. The van der Waals surface area contributed by atoms with Crippen molar-refractivity contribution in [2.45, 2.75) is 19.4 Å². The first-order valence-corrected chi connectivity index (χ1v) is 8.45. The first-order valence-electron chi connectivity index (χ1n) is 8.45. The minimum absolute atomic E-state index is 0.0236. The van der Waals surface area contributed by atoms with Gasteiger partial charge in [-0.1, -0.05) is 0 Å². The second-order valence-electron chi connectivity index (χ2n) is 6.19. The van der Waals surface area contributed by atoms with Crippen LogP contribution in [0.4, 0.5) is 4.79 Å². The second-order valence-corrected chi connectivity index (χ2v) is 6.19. The molecule has 1 aromatic heterocycles. The van der Waals surface area contributed by atoms with E-state index in [0.29, 0.717) is 39.1 Å².